The number of nitrogens with zero attached hydrogens (tertiary/aromatic N) is 3. The van der Waals surface area contributed by atoms with E-state index in [-0.39, 0.29) is 29.2 Å². The Hall–Kier alpha value is -3.59. The summed E-state index contributed by atoms with van der Waals surface area (Å²) >= 11 is 1.23. The van der Waals surface area contributed by atoms with Crippen LogP contribution in [0.5, 0.6) is 5.75 Å². The minimum Gasteiger partial charge on any atom is -0.486 e. The molecule has 0 aliphatic rings. The van der Waals surface area contributed by atoms with E-state index >= 15 is 0 Å². The predicted octanol–water partition coefficient (Wildman–Crippen LogP) is 4.17. The smallest absolute Gasteiger partial charge is 0.250 e. The van der Waals surface area contributed by atoms with Crippen LogP contribution in [0.3, 0.4) is 0 Å². The number of amides is 2. The van der Waals surface area contributed by atoms with Gasteiger partial charge in [-0.2, -0.15) is 0 Å². The van der Waals surface area contributed by atoms with Crippen LogP contribution < -0.4 is 15.8 Å². The number of ether oxygens (including phenoxy) is 1. The Morgan fingerprint density at radius 3 is 2.50 bits per heavy atom. The molecule has 8 nitrogen and oxygen atoms in total. The second-order valence-corrected chi connectivity index (χ2v) is 9.55. The number of carbonyl (C=O) groups is 2. The molecule has 0 bridgehead atoms. The molecule has 0 unspecified atom stereocenters. The van der Waals surface area contributed by atoms with Gasteiger partial charge in [0.05, 0.1) is 17.0 Å². The summed E-state index contributed by atoms with van der Waals surface area (Å²) in [5.41, 5.74) is 7.30. The highest BCUT2D eigenvalue weighted by atomic mass is 32.2. The standard InChI is InChI=1S/C25H29N5O3S/c1-5-14-30-21(15-33-18-12-10-17(11-13-18)25(2,3)4)28-29-24(30)34-16-22(31)27-20-9-7-6-8-19(20)23(26)32/h5-13H,1,14-16H2,2-4H3,(H2,26,32)(H,27,31). The predicted molar refractivity (Wildman–Crippen MR) is 134 cm³/mol. The minimum absolute atomic E-state index is 0.0724. The van der Waals surface area contributed by atoms with E-state index in [9.17, 15) is 9.59 Å². The first-order valence-electron chi connectivity index (χ1n) is 10.8. The van der Waals surface area contributed by atoms with Gasteiger partial charge in [0.2, 0.25) is 5.91 Å². The van der Waals surface area contributed by atoms with Gasteiger partial charge < -0.3 is 15.8 Å². The lowest BCUT2D eigenvalue weighted by Gasteiger charge is -2.19. The molecule has 34 heavy (non-hydrogen) atoms. The summed E-state index contributed by atoms with van der Waals surface area (Å²) in [7, 11) is 0. The third-order valence-electron chi connectivity index (χ3n) is 4.99. The van der Waals surface area contributed by atoms with Crippen LogP contribution in [0, 0.1) is 0 Å². The highest BCUT2D eigenvalue weighted by Crippen LogP contribution is 2.25. The van der Waals surface area contributed by atoms with E-state index in [2.05, 4.69) is 55.0 Å². The molecule has 0 spiro atoms. The van der Waals surface area contributed by atoms with Gasteiger partial charge in [-0.3, -0.25) is 14.2 Å². The van der Waals surface area contributed by atoms with E-state index in [1.54, 1.807) is 30.3 Å². The Labute approximate surface area is 203 Å². The van der Waals surface area contributed by atoms with Crippen LogP contribution in [0.15, 0.2) is 66.3 Å². The van der Waals surface area contributed by atoms with E-state index in [1.807, 2.05) is 16.7 Å². The quantitative estimate of drug-likeness (QED) is 0.333. The van der Waals surface area contributed by atoms with Gasteiger partial charge in [-0.15, -0.1) is 16.8 Å². The first-order chi connectivity index (χ1) is 16.2. The molecule has 3 aromatic rings. The SMILES string of the molecule is C=CCn1c(COc2ccc(C(C)(C)C)cc2)nnc1SCC(=O)Nc1ccccc1C(N)=O. The maximum absolute atomic E-state index is 12.5. The lowest BCUT2D eigenvalue weighted by molar-refractivity contribution is -0.113. The van der Waals surface area contributed by atoms with Crippen molar-refractivity contribution in [2.45, 2.75) is 44.5 Å². The number of primary amides is 1. The van der Waals surface area contributed by atoms with Crippen LogP contribution in [0.1, 0.15) is 42.5 Å². The summed E-state index contributed by atoms with van der Waals surface area (Å²) in [6, 6.07) is 14.6. The van der Waals surface area contributed by atoms with Crippen molar-refractivity contribution in [2.24, 2.45) is 5.73 Å². The van der Waals surface area contributed by atoms with Gasteiger partial charge >= 0.3 is 0 Å². The number of anilines is 1. The van der Waals surface area contributed by atoms with Crippen molar-refractivity contribution in [3.05, 3.63) is 78.1 Å². The summed E-state index contributed by atoms with van der Waals surface area (Å²) < 4.78 is 7.76. The maximum atomic E-state index is 12.5. The van der Waals surface area contributed by atoms with E-state index in [0.29, 0.717) is 23.2 Å². The molecule has 0 saturated carbocycles. The first kappa shape index (κ1) is 25.0. The molecule has 2 aromatic carbocycles. The second kappa shape index (κ2) is 11.0. The van der Waals surface area contributed by atoms with E-state index in [4.69, 9.17) is 10.5 Å². The van der Waals surface area contributed by atoms with Crippen molar-refractivity contribution in [1.29, 1.82) is 0 Å². The number of nitrogens with one attached hydrogen (secondary N) is 1. The number of nitrogens with two attached hydrogens (primary N) is 1. The van der Waals surface area contributed by atoms with Crippen molar-refractivity contribution in [1.82, 2.24) is 14.8 Å². The van der Waals surface area contributed by atoms with E-state index < -0.39 is 5.91 Å². The molecule has 0 atom stereocenters. The summed E-state index contributed by atoms with van der Waals surface area (Å²) in [4.78, 5) is 24.0. The molecule has 0 aliphatic carbocycles. The summed E-state index contributed by atoms with van der Waals surface area (Å²) in [6.07, 6.45) is 1.73. The molecule has 2 amide bonds. The fourth-order valence-electron chi connectivity index (χ4n) is 3.17. The van der Waals surface area contributed by atoms with Gasteiger partial charge in [0.1, 0.15) is 12.4 Å². The number of thioether (sulfide) groups is 1. The topological polar surface area (TPSA) is 112 Å². The van der Waals surface area contributed by atoms with Crippen molar-refractivity contribution in [3.63, 3.8) is 0 Å². The van der Waals surface area contributed by atoms with Crippen molar-refractivity contribution in [2.75, 3.05) is 11.1 Å². The first-order valence-corrected chi connectivity index (χ1v) is 11.8. The third kappa shape index (κ3) is 6.48. The fourth-order valence-corrected chi connectivity index (χ4v) is 3.93. The number of benzene rings is 2. The number of carbonyl (C=O) groups excluding carboxylic acids is 2. The Morgan fingerprint density at radius 1 is 1.15 bits per heavy atom. The van der Waals surface area contributed by atoms with E-state index in [0.717, 1.165) is 5.75 Å². The van der Waals surface area contributed by atoms with Crippen LogP contribution in [-0.4, -0.2) is 32.3 Å². The van der Waals surface area contributed by atoms with Crippen LogP contribution >= 0.6 is 11.8 Å². The zero-order valence-corrected chi connectivity index (χ0v) is 20.4. The lowest BCUT2D eigenvalue weighted by atomic mass is 9.87. The molecule has 0 fully saturated rings. The van der Waals surface area contributed by atoms with Crippen LogP contribution in [0.25, 0.3) is 0 Å². The number of para-hydroxylation sites is 1. The summed E-state index contributed by atoms with van der Waals surface area (Å²) in [5, 5.41) is 11.7. The van der Waals surface area contributed by atoms with Crippen molar-refractivity contribution >= 4 is 29.3 Å². The van der Waals surface area contributed by atoms with Gasteiger partial charge in [-0.1, -0.05) is 62.9 Å². The zero-order valence-electron chi connectivity index (χ0n) is 19.6. The largest absolute Gasteiger partial charge is 0.486 e. The van der Waals surface area contributed by atoms with Crippen LogP contribution in [-0.2, 0) is 23.4 Å². The van der Waals surface area contributed by atoms with Crippen molar-refractivity contribution in [3.8, 4) is 5.75 Å². The van der Waals surface area contributed by atoms with Gasteiger partial charge in [0.25, 0.3) is 5.91 Å². The van der Waals surface area contributed by atoms with Crippen LogP contribution in [0.4, 0.5) is 5.69 Å². The molecule has 1 aromatic heterocycles. The fraction of sp³-hybridized carbons (Fsp3) is 0.280. The Bertz CT molecular complexity index is 1170. The molecular formula is C25H29N5O3S. The average Bonchev–Trinajstić information content (AvgIpc) is 3.18. The molecule has 9 heteroatoms. The highest BCUT2D eigenvalue weighted by molar-refractivity contribution is 7.99. The number of rotatable bonds is 10. The third-order valence-corrected chi connectivity index (χ3v) is 5.96. The van der Waals surface area contributed by atoms with Gasteiger partial charge in [0.15, 0.2) is 11.0 Å². The highest BCUT2D eigenvalue weighted by Gasteiger charge is 2.16. The Morgan fingerprint density at radius 2 is 1.85 bits per heavy atom. The number of allylic oxidation sites excluding steroid dienone is 1. The number of hydrogen-bond acceptors (Lipinski definition) is 6. The van der Waals surface area contributed by atoms with Crippen LogP contribution in [0.2, 0.25) is 0 Å². The second-order valence-electron chi connectivity index (χ2n) is 8.61. The zero-order chi connectivity index (χ0) is 24.7. The minimum atomic E-state index is -0.605. The lowest BCUT2D eigenvalue weighted by Crippen LogP contribution is -2.19. The molecule has 3 N–H and O–H groups in total. The van der Waals surface area contributed by atoms with Crippen molar-refractivity contribution < 1.29 is 14.3 Å². The molecular weight excluding hydrogens is 450 g/mol. The Balaban J connectivity index is 1.63. The van der Waals surface area contributed by atoms with Gasteiger partial charge in [-0.25, -0.2) is 0 Å². The monoisotopic (exact) mass is 479 g/mol. The summed E-state index contributed by atoms with van der Waals surface area (Å²) in [6.45, 7) is 11.0. The number of aromatic nitrogens is 3. The van der Waals surface area contributed by atoms with E-state index in [1.165, 1.54) is 17.3 Å². The maximum Gasteiger partial charge on any atom is 0.250 e. The molecule has 0 aliphatic heterocycles. The van der Waals surface area contributed by atoms with Gasteiger partial charge in [0, 0.05) is 6.54 Å². The normalized spacial score (nSPS) is 11.1. The molecule has 0 saturated heterocycles. The summed E-state index contributed by atoms with van der Waals surface area (Å²) in [5.74, 6) is 0.553. The molecule has 1 heterocycles. The Kier molecular flexibility index (Phi) is 8.12. The average molecular weight is 480 g/mol. The number of hydrogen-bond donors (Lipinski definition) is 2. The molecule has 178 valence electrons. The van der Waals surface area contributed by atoms with Gasteiger partial charge in [-0.05, 0) is 35.2 Å². The molecule has 3 rings (SSSR count). The molecule has 0 radical (unpaired) electrons.